The number of halogens is 1. The van der Waals surface area contributed by atoms with Crippen molar-refractivity contribution in [1.82, 2.24) is 0 Å². The van der Waals surface area contributed by atoms with Crippen molar-refractivity contribution < 1.29 is 32.9 Å². The summed E-state index contributed by atoms with van der Waals surface area (Å²) in [4.78, 5) is 24.3. The lowest BCUT2D eigenvalue weighted by atomic mass is 10.1. The minimum absolute atomic E-state index is 0.0899. The summed E-state index contributed by atoms with van der Waals surface area (Å²) in [6.07, 6.45) is 0. The van der Waals surface area contributed by atoms with E-state index in [2.05, 4.69) is 0 Å². The van der Waals surface area contributed by atoms with Crippen LogP contribution in [0.3, 0.4) is 0 Å². The molecule has 132 valence electrons. The van der Waals surface area contributed by atoms with Gasteiger partial charge in [0.25, 0.3) is 0 Å². The number of ketones is 1. The highest BCUT2D eigenvalue weighted by atomic mass is 19.1. The van der Waals surface area contributed by atoms with Gasteiger partial charge in [-0.3, -0.25) is 4.79 Å². The Morgan fingerprint density at radius 2 is 1.44 bits per heavy atom. The van der Waals surface area contributed by atoms with Crippen LogP contribution < -0.4 is 14.2 Å². The van der Waals surface area contributed by atoms with Crippen LogP contribution in [-0.2, 0) is 4.74 Å². The van der Waals surface area contributed by atoms with E-state index >= 15 is 0 Å². The van der Waals surface area contributed by atoms with Crippen molar-refractivity contribution in [3.63, 3.8) is 0 Å². The van der Waals surface area contributed by atoms with Gasteiger partial charge in [-0.1, -0.05) is 0 Å². The summed E-state index contributed by atoms with van der Waals surface area (Å²) in [5, 5.41) is 0. The maximum absolute atomic E-state index is 12.9. The summed E-state index contributed by atoms with van der Waals surface area (Å²) in [5.74, 6) is -0.736. The molecular weight excluding hydrogens is 331 g/mol. The van der Waals surface area contributed by atoms with Gasteiger partial charge < -0.3 is 18.9 Å². The SMILES string of the molecule is COc1cc(OC)c(C(=O)OCC(=O)c2ccc(F)cc2)cc1OC. The molecule has 7 heteroatoms. The lowest BCUT2D eigenvalue weighted by Crippen LogP contribution is -2.15. The summed E-state index contributed by atoms with van der Waals surface area (Å²) in [6, 6.07) is 7.85. The molecule has 0 aromatic heterocycles. The fraction of sp³-hybridized carbons (Fsp3) is 0.222. The smallest absolute Gasteiger partial charge is 0.342 e. The van der Waals surface area contributed by atoms with Crippen LogP contribution in [0.5, 0.6) is 17.2 Å². The predicted molar refractivity (Wildman–Crippen MR) is 87.1 cm³/mol. The predicted octanol–water partition coefficient (Wildman–Crippen LogP) is 2.89. The Kier molecular flexibility index (Phi) is 5.94. The third-order valence-corrected chi connectivity index (χ3v) is 3.43. The van der Waals surface area contributed by atoms with Gasteiger partial charge in [-0.15, -0.1) is 0 Å². The average molecular weight is 348 g/mol. The van der Waals surface area contributed by atoms with E-state index in [-0.39, 0.29) is 16.9 Å². The van der Waals surface area contributed by atoms with E-state index in [1.807, 2.05) is 0 Å². The lowest BCUT2D eigenvalue weighted by molar-refractivity contribution is 0.0471. The molecule has 2 rings (SSSR count). The molecule has 0 bridgehead atoms. The number of carbonyl (C=O) groups is 2. The molecule has 0 atom stereocenters. The molecule has 0 heterocycles. The number of benzene rings is 2. The van der Waals surface area contributed by atoms with Crippen molar-refractivity contribution in [3.8, 4) is 17.2 Å². The molecule has 0 aliphatic heterocycles. The molecular formula is C18H17FO6. The summed E-state index contributed by atoms with van der Waals surface area (Å²) in [5.41, 5.74) is 0.334. The fourth-order valence-corrected chi connectivity index (χ4v) is 2.12. The Bertz CT molecular complexity index is 770. The zero-order valence-electron chi connectivity index (χ0n) is 14.0. The fourth-order valence-electron chi connectivity index (χ4n) is 2.12. The first-order valence-corrected chi connectivity index (χ1v) is 7.26. The van der Waals surface area contributed by atoms with Crippen molar-refractivity contribution in [2.45, 2.75) is 0 Å². The normalized spacial score (nSPS) is 10.1. The number of carbonyl (C=O) groups excluding carboxylic acids is 2. The highest BCUT2D eigenvalue weighted by Gasteiger charge is 2.20. The lowest BCUT2D eigenvalue weighted by Gasteiger charge is -2.13. The molecule has 6 nitrogen and oxygen atoms in total. The molecule has 0 aliphatic carbocycles. The van der Waals surface area contributed by atoms with Crippen LogP contribution in [-0.4, -0.2) is 39.7 Å². The summed E-state index contributed by atoms with van der Waals surface area (Å²) >= 11 is 0. The van der Waals surface area contributed by atoms with Gasteiger partial charge in [0.05, 0.1) is 21.3 Å². The highest BCUT2D eigenvalue weighted by Crippen LogP contribution is 2.34. The van der Waals surface area contributed by atoms with Gasteiger partial charge in [-0.25, -0.2) is 9.18 Å². The van der Waals surface area contributed by atoms with Crippen LogP contribution in [0, 0.1) is 5.82 Å². The van der Waals surface area contributed by atoms with Crippen molar-refractivity contribution >= 4 is 11.8 Å². The molecule has 0 unspecified atom stereocenters. The Morgan fingerprint density at radius 3 is 2.00 bits per heavy atom. The van der Waals surface area contributed by atoms with Crippen molar-refractivity contribution in [1.29, 1.82) is 0 Å². The second-order valence-electron chi connectivity index (χ2n) is 4.91. The number of rotatable bonds is 7. The molecule has 2 aromatic rings. The molecule has 0 fully saturated rings. The molecule has 0 saturated heterocycles. The van der Waals surface area contributed by atoms with Gasteiger partial charge in [0.15, 0.2) is 23.9 Å². The molecule has 2 aromatic carbocycles. The van der Waals surface area contributed by atoms with Crippen molar-refractivity contribution in [3.05, 3.63) is 53.3 Å². The van der Waals surface area contributed by atoms with E-state index in [1.165, 1.54) is 45.6 Å². The number of hydrogen-bond acceptors (Lipinski definition) is 6. The summed E-state index contributed by atoms with van der Waals surface area (Å²) in [7, 11) is 4.27. The standard InChI is InChI=1S/C18H17FO6/c1-22-15-9-17(24-3)16(23-2)8-13(15)18(21)25-10-14(20)11-4-6-12(19)7-5-11/h4-9H,10H2,1-3H3. The third kappa shape index (κ3) is 4.26. The van der Waals surface area contributed by atoms with Crippen LogP contribution in [0.2, 0.25) is 0 Å². The van der Waals surface area contributed by atoms with Gasteiger partial charge in [0.1, 0.15) is 17.1 Å². The third-order valence-electron chi connectivity index (χ3n) is 3.43. The number of esters is 1. The summed E-state index contributed by atoms with van der Waals surface area (Å²) in [6.45, 7) is -0.484. The monoisotopic (exact) mass is 348 g/mol. The Hall–Kier alpha value is -3.09. The Morgan fingerprint density at radius 1 is 0.880 bits per heavy atom. The van der Waals surface area contributed by atoms with Crippen LogP contribution in [0.15, 0.2) is 36.4 Å². The molecule has 25 heavy (non-hydrogen) atoms. The van der Waals surface area contributed by atoms with Gasteiger partial charge >= 0.3 is 5.97 Å². The first-order chi connectivity index (χ1) is 12.0. The molecule has 0 radical (unpaired) electrons. The topological polar surface area (TPSA) is 71.1 Å². The maximum atomic E-state index is 12.9. The van der Waals surface area contributed by atoms with Crippen LogP contribution in [0.4, 0.5) is 4.39 Å². The first-order valence-electron chi connectivity index (χ1n) is 7.26. The van der Waals surface area contributed by atoms with Gasteiger partial charge in [-0.05, 0) is 24.3 Å². The van der Waals surface area contributed by atoms with Crippen LogP contribution in [0.25, 0.3) is 0 Å². The quantitative estimate of drug-likeness (QED) is 0.566. The van der Waals surface area contributed by atoms with E-state index < -0.39 is 24.2 Å². The molecule has 0 aliphatic rings. The van der Waals surface area contributed by atoms with E-state index in [0.29, 0.717) is 11.5 Å². The molecule has 0 N–H and O–H groups in total. The van der Waals surface area contributed by atoms with E-state index in [0.717, 1.165) is 12.1 Å². The minimum Gasteiger partial charge on any atom is -0.496 e. The second kappa shape index (κ2) is 8.14. The molecule has 0 amide bonds. The number of hydrogen-bond donors (Lipinski definition) is 0. The van der Waals surface area contributed by atoms with Crippen molar-refractivity contribution in [2.24, 2.45) is 0 Å². The van der Waals surface area contributed by atoms with E-state index in [4.69, 9.17) is 18.9 Å². The van der Waals surface area contributed by atoms with E-state index in [1.54, 1.807) is 0 Å². The highest BCUT2D eigenvalue weighted by molar-refractivity contribution is 6.00. The van der Waals surface area contributed by atoms with Gasteiger partial charge in [-0.2, -0.15) is 0 Å². The van der Waals surface area contributed by atoms with Gasteiger partial charge in [0.2, 0.25) is 0 Å². The maximum Gasteiger partial charge on any atom is 0.342 e. The minimum atomic E-state index is -0.756. The zero-order chi connectivity index (χ0) is 18.4. The van der Waals surface area contributed by atoms with Crippen LogP contribution in [0.1, 0.15) is 20.7 Å². The van der Waals surface area contributed by atoms with Crippen molar-refractivity contribution in [2.75, 3.05) is 27.9 Å². The largest absolute Gasteiger partial charge is 0.496 e. The molecule has 0 saturated carbocycles. The zero-order valence-corrected chi connectivity index (χ0v) is 14.0. The number of ether oxygens (including phenoxy) is 4. The Labute approximate surface area is 144 Å². The average Bonchev–Trinajstić information content (AvgIpc) is 2.65. The number of Topliss-reactive ketones (excluding diaryl/α,β-unsaturated/α-hetero) is 1. The first kappa shape index (κ1) is 18.3. The second-order valence-corrected chi connectivity index (χ2v) is 4.91. The number of methoxy groups -OCH3 is 3. The molecule has 0 spiro atoms. The van der Waals surface area contributed by atoms with Gasteiger partial charge in [0, 0.05) is 17.7 Å². The summed E-state index contributed by atoms with van der Waals surface area (Å²) < 4.78 is 33.3. The van der Waals surface area contributed by atoms with Crippen LogP contribution >= 0.6 is 0 Å². The van der Waals surface area contributed by atoms with E-state index in [9.17, 15) is 14.0 Å². The Balaban J connectivity index is 2.14.